The zero-order chi connectivity index (χ0) is 17.7. The molecule has 1 saturated heterocycles. The molecule has 4 nitrogen and oxygen atoms in total. The molecule has 0 bridgehead atoms. The molecule has 0 saturated carbocycles. The second-order valence-corrected chi connectivity index (χ2v) is 7.14. The van der Waals surface area contributed by atoms with Crippen LogP contribution in [-0.2, 0) is 4.79 Å². The summed E-state index contributed by atoms with van der Waals surface area (Å²) in [7, 11) is 5.98. The van der Waals surface area contributed by atoms with Crippen LogP contribution in [-0.4, -0.2) is 63.6 Å². The number of hydrogen-bond donors (Lipinski definition) is 0. The van der Waals surface area contributed by atoms with Crippen LogP contribution >= 0.6 is 0 Å². The first-order valence-corrected chi connectivity index (χ1v) is 9.40. The van der Waals surface area contributed by atoms with E-state index in [2.05, 4.69) is 39.5 Å². The summed E-state index contributed by atoms with van der Waals surface area (Å²) in [5, 5.41) is 0. The van der Waals surface area contributed by atoms with Crippen LogP contribution in [0.1, 0.15) is 38.2 Å². The van der Waals surface area contributed by atoms with Gasteiger partial charge in [0.05, 0.1) is 0 Å². The van der Waals surface area contributed by atoms with Gasteiger partial charge in [-0.2, -0.15) is 0 Å². The maximum atomic E-state index is 12.7. The van der Waals surface area contributed by atoms with E-state index >= 15 is 0 Å². The number of carbonyl (C=O) groups is 1. The van der Waals surface area contributed by atoms with Crippen LogP contribution in [0.4, 0.5) is 5.69 Å². The van der Waals surface area contributed by atoms with Gasteiger partial charge in [0, 0.05) is 0 Å². The molecule has 24 heavy (non-hydrogen) atoms. The van der Waals surface area contributed by atoms with Crippen LogP contribution in [0.2, 0.25) is 0 Å². The van der Waals surface area contributed by atoms with E-state index in [0.29, 0.717) is 0 Å². The molecule has 1 amide bonds. The molecule has 0 radical (unpaired) electrons. The minimum absolute atomic E-state index is 0.0828. The van der Waals surface area contributed by atoms with E-state index in [1.165, 1.54) is 19.3 Å². The van der Waals surface area contributed by atoms with Crippen LogP contribution in [0.5, 0.6) is 0 Å². The van der Waals surface area contributed by atoms with Crippen molar-refractivity contribution in [1.29, 1.82) is 0 Å². The Hall–Kier alpha value is -1.58. The predicted molar refractivity (Wildman–Crippen MR) is 103 cm³/mol. The quantitative estimate of drug-likeness (QED) is 0.406. The molecule has 1 aromatic carbocycles. The van der Waals surface area contributed by atoms with E-state index in [-0.39, 0.29) is 5.91 Å². The molecule has 0 unspecified atom stereocenters. The molecule has 0 aromatic heterocycles. The molecule has 2 rings (SSSR count). The molecular weight excluding hydrogens is 365 g/mol. The topological polar surface area (TPSA) is 26.8 Å². The summed E-state index contributed by atoms with van der Waals surface area (Å²) in [6.07, 6.45) is 6.61. The van der Waals surface area contributed by atoms with Crippen molar-refractivity contribution in [3.05, 3.63) is 35.5 Å². The fourth-order valence-electron chi connectivity index (χ4n) is 2.73. The fourth-order valence-corrected chi connectivity index (χ4v) is 3.30. The molecule has 0 N–H and O–H groups in total. The van der Waals surface area contributed by atoms with Crippen molar-refractivity contribution >= 4 is 37.9 Å². The molecule has 1 heterocycles. The molecule has 0 atom stereocenters. The van der Waals surface area contributed by atoms with Gasteiger partial charge in [0.15, 0.2) is 0 Å². The Labute approximate surface area is 153 Å². The molecule has 0 aliphatic carbocycles. The summed E-state index contributed by atoms with van der Waals surface area (Å²) < 4.78 is 0.896. The minimum atomic E-state index is 0.0828. The summed E-state index contributed by atoms with van der Waals surface area (Å²) in [5.41, 5.74) is 2.91. The second-order valence-electron chi connectivity index (χ2n) is 6.37. The molecule has 5 heteroatoms. The zero-order valence-corrected chi connectivity index (χ0v) is 16.8. The van der Waals surface area contributed by atoms with Crippen LogP contribution in [0, 0.1) is 0 Å². The number of anilines is 1. The van der Waals surface area contributed by atoms with Gasteiger partial charge in [-0.05, 0) is 0 Å². The summed E-state index contributed by atoms with van der Waals surface area (Å²) in [6.45, 7) is 2.98. The van der Waals surface area contributed by atoms with E-state index in [4.69, 9.17) is 0 Å². The summed E-state index contributed by atoms with van der Waals surface area (Å²) in [5.74, 6) is 0.0828. The molecule has 1 fully saturated rings. The van der Waals surface area contributed by atoms with E-state index < -0.39 is 0 Å². The molecule has 0 spiro atoms. The van der Waals surface area contributed by atoms with Crippen molar-refractivity contribution in [2.75, 3.05) is 32.6 Å². The number of likely N-dealkylation sites (N-methyl/N-ethyl adjacent to an activating group) is 1. The Morgan fingerprint density at radius 3 is 2.38 bits per heavy atom. The SMILES string of the molecule is CCCCCCN1C(=O)C(=Cc2ccc(N(C)C)cc2)N(C)C1=[Se]. The van der Waals surface area contributed by atoms with Crippen LogP contribution in [0.15, 0.2) is 30.0 Å². The van der Waals surface area contributed by atoms with Gasteiger partial charge in [-0.15, -0.1) is 0 Å². The third-order valence-electron chi connectivity index (χ3n) is 4.29. The van der Waals surface area contributed by atoms with Gasteiger partial charge in [0.2, 0.25) is 0 Å². The van der Waals surface area contributed by atoms with Crippen LogP contribution in [0.25, 0.3) is 6.08 Å². The molecule has 130 valence electrons. The van der Waals surface area contributed by atoms with Crippen molar-refractivity contribution in [1.82, 2.24) is 9.80 Å². The third-order valence-corrected chi connectivity index (χ3v) is 5.33. The van der Waals surface area contributed by atoms with Gasteiger partial charge in [-0.3, -0.25) is 0 Å². The Morgan fingerprint density at radius 1 is 1.12 bits per heavy atom. The number of hydrogen-bond acceptors (Lipinski definition) is 3. The number of carbonyl (C=O) groups excluding carboxylic acids is 1. The number of unbranched alkanes of at least 4 members (excludes halogenated alkanes) is 3. The zero-order valence-electron chi connectivity index (χ0n) is 15.1. The average Bonchev–Trinajstić information content (AvgIpc) is 2.76. The van der Waals surface area contributed by atoms with E-state index in [1.807, 2.05) is 49.2 Å². The molecule has 1 aromatic rings. The summed E-state index contributed by atoms with van der Waals surface area (Å²) in [4.78, 5) is 18.6. The average molecular weight is 392 g/mol. The van der Waals surface area contributed by atoms with Crippen LogP contribution < -0.4 is 4.90 Å². The number of rotatable bonds is 7. The van der Waals surface area contributed by atoms with Gasteiger partial charge < -0.3 is 0 Å². The Kier molecular flexibility index (Phi) is 6.64. The van der Waals surface area contributed by atoms with Gasteiger partial charge in [-0.1, -0.05) is 0 Å². The third kappa shape index (κ3) is 4.28. The number of nitrogens with zero attached hydrogens (tertiary/aromatic N) is 3. The predicted octanol–water partition coefficient (Wildman–Crippen LogP) is 2.70. The Balaban J connectivity index is 2.11. The van der Waals surface area contributed by atoms with Crippen molar-refractivity contribution < 1.29 is 4.79 Å². The van der Waals surface area contributed by atoms with E-state index in [0.717, 1.165) is 34.6 Å². The standard InChI is InChI=1S/C19H27N3OSe/c1-5-6-7-8-13-22-18(23)17(21(4)19(22)24)14-15-9-11-16(12-10-15)20(2)3/h9-12,14H,5-8,13H2,1-4H3. The van der Waals surface area contributed by atoms with Crippen molar-refractivity contribution in [3.8, 4) is 0 Å². The van der Waals surface area contributed by atoms with Gasteiger partial charge in [-0.25, -0.2) is 0 Å². The maximum absolute atomic E-state index is 12.7. The molecule has 1 aliphatic rings. The Bertz CT molecular complexity index is 622. The van der Waals surface area contributed by atoms with Gasteiger partial charge in [0.25, 0.3) is 0 Å². The molecular formula is C19H27N3OSe. The summed E-state index contributed by atoms with van der Waals surface area (Å²) >= 11 is 3.05. The van der Waals surface area contributed by atoms with E-state index in [1.54, 1.807) is 0 Å². The first-order valence-electron chi connectivity index (χ1n) is 8.54. The number of amides is 1. The fraction of sp³-hybridized carbons (Fsp3) is 0.474. The van der Waals surface area contributed by atoms with Crippen LogP contribution in [0.3, 0.4) is 0 Å². The van der Waals surface area contributed by atoms with Crippen molar-refractivity contribution in [2.45, 2.75) is 32.6 Å². The first-order chi connectivity index (χ1) is 11.5. The number of benzene rings is 1. The summed E-state index contributed by atoms with van der Waals surface area (Å²) in [6, 6.07) is 8.23. The normalized spacial score (nSPS) is 16.4. The Morgan fingerprint density at radius 2 is 1.79 bits per heavy atom. The monoisotopic (exact) mass is 393 g/mol. The van der Waals surface area contributed by atoms with Crippen molar-refractivity contribution in [3.63, 3.8) is 0 Å². The second kappa shape index (κ2) is 8.50. The van der Waals surface area contributed by atoms with Crippen molar-refractivity contribution in [2.24, 2.45) is 0 Å². The molecule has 1 aliphatic heterocycles. The van der Waals surface area contributed by atoms with Gasteiger partial charge >= 0.3 is 153 Å². The van der Waals surface area contributed by atoms with Gasteiger partial charge in [0.1, 0.15) is 0 Å². The van der Waals surface area contributed by atoms with E-state index in [9.17, 15) is 4.79 Å². The first kappa shape index (κ1) is 18.8.